The summed E-state index contributed by atoms with van der Waals surface area (Å²) in [5, 5.41) is 14.4. The number of carboxylic acid groups (broad SMARTS) is 1. The molecule has 0 aliphatic heterocycles. The highest BCUT2D eigenvalue weighted by Crippen LogP contribution is 2.33. The molecule has 35 heavy (non-hydrogen) atoms. The van der Waals surface area contributed by atoms with Crippen molar-refractivity contribution < 1.29 is 18.5 Å². The van der Waals surface area contributed by atoms with Crippen molar-refractivity contribution in [3.63, 3.8) is 0 Å². The van der Waals surface area contributed by atoms with Gasteiger partial charge in [0.15, 0.2) is 34.3 Å². The van der Waals surface area contributed by atoms with Crippen molar-refractivity contribution in [1.82, 2.24) is 29.0 Å². The van der Waals surface area contributed by atoms with Crippen LogP contribution in [0.3, 0.4) is 0 Å². The smallest absolute Gasteiger partial charge is 0.324 e. The third-order valence-corrected chi connectivity index (χ3v) is 6.28. The average molecular weight is 500 g/mol. The fourth-order valence-corrected chi connectivity index (χ4v) is 4.42. The maximum Gasteiger partial charge on any atom is 0.324 e. The van der Waals surface area contributed by atoms with Crippen molar-refractivity contribution in [2.75, 3.05) is 36.4 Å². The van der Waals surface area contributed by atoms with E-state index in [1.165, 1.54) is 29.1 Å². The summed E-state index contributed by atoms with van der Waals surface area (Å²) in [6, 6.07) is 9.79. The maximum absolute atomic E-state index is 14.2. The van der Waals surface area contributed by atoms with E-state index in [0.717, 1.165) is 4.31 Å². The number of fused-ring (bicyclic) bond motifs is 1. The van der Waals surface area contributed by atoms with E-state index in [9.17, 15) is 18.5 Å². The van der Waals surface area contributed by atoms with Crippen molar-refractivity contribution >= 4 is 45.5 Å². The summed E-state index contributed by atoms with van der Waals surface area (Å²) in [5.74, 6) is -1.92. The van der Waals surface area contributed by atoms with Gasteiger partial charge in [-0.15, -0.1) is 0 Å². The molecule has 0 aliphatic carbocycles. The van der Waals surface area contributed by atoms with Gasteiger partial charge in [-0.25, -0.2) is 32.5 Å². The number of aromatic nitrogens is 5. The predicted octanol–water partition coefficient (Wildman–Crippen LogP) is 1.27. The number of benzene rings is 1. The number of aliphatic carboxylic acids is 1. The number of carbonyl (C=O) groups is 1. The molecular weight excluding hydrogens is 477 g/mol. The fraction of sp³-hybridized carbons (Fsp3) is 0.190. The molecule has 0 aliphatic rings. The largest absolute Gasteiger partial charge is 0.480 e. The molecule has 0 radical (unpaired) electrons. The van der Waals surface area contributed by atoms with Gasteiger partial charge in [-0.05, 0) is 18.2 Å². The van der Waals surface area contributed by atoms with Gasteiger partial charge in [0.2, 0.25) is 0 Å². The Bertz CT molecular complexity index is 1420. The molecule has 1 aromatic carbocycles. The molecule has 12 nitrogen and oxygen atoms in total. The second-order valence-electron chi connectivity index (χ2n) is 7.61. The van der Waals surface area contributed by atoms with Crippen LogP contribution in [-0.2, 0) is 22.5 Å². The number of nitrogen functional groups attached to an aromatic ring is 2. The summed E-state index contributed by atoms with van der Waals surface area (Å²) in [6.07, 6.45) is 1.58. The Hall–Kier alpha value is -4.17. The normalized spacial score (nSPS) is 12.2. The van der Waals surface area contributed by atoms with Crippen LogP contribution in [0.2, 0.25) is 0 Å². The molecule has 5 N–H and O–H groups in total. The molecule has 0 saturated carbocycles. The lowest BCUT2D eigenvalue weighted by Crippen LogP contribution is -2.39. The van der Waals surface area contributed by atoms with Gasteiger partial charge in [-0.3, -0.25) is 9.10 Å². The summed E-state index contributed by atoms with van der Waals surface area (Å²) in [7, 11) is 3.02. The van der Waals surface area contributed by atoms with Crippen molar-refractivity contribution in [2.24, 2.45) is 0 Å². The number of anilines is 3. The molecule has 4 rings (SSSR count). The van der Waals surface area contributed by atoms with E-state index in [1.807, 2.05) is 0 Å². The topological polar surface area (TPSA) is 169 Å². The molecule has 3 aromatic heterocycles. The van der Waals surface area contributed by atoms with Gasteiger partial charge < -0.3 is 16.6 Å². The molecule has 3 heterocycles. The molecule has 0 amide bonds. The molecule has 1 unspecified atom stereocenters. The van der Waals surface area contributed by atoms with Crippen molar-refractivity contribution in [1.29, 1.82) is 0 Å². The highest BCUT2D eigenvalue weighted by atomic mass is 32.2. The quantitative estimate of drug-likeness (QED) is 0.323. The van der Waals surface area contributed by atoms with E-state index < -0.39 is 23.7 Å². The number of nitrogens with two attached hydrogens (primary N) is 2. The lowest BCUT2D eigenvalue weighted by molar-refractivity contribution is -0.135. The van der Waals surface area contributed by atoms with E-state index in [1.54, 1.807) is 36.5 Å². The van der Waals surface area contributed by atoms with Gasteiger partial charge in [-0.1, -0.05) is 18.2 Å². The molecule has 0 bridgehead atoms. The van der Waals surface area contributed by atoms with E-state index in [-0.39, 0.29) is 35.5 Å². The van der Waals surface area contributed by atoms with Crippen LogP contribution in [0, 0.1) is 5.82 Å². The Balaban J connectivity index is 1.82. The first-order chi connectivity index (χ1) is 16.7. The molecule has 4 aromatic rings. The fourth-order valence-electron chi connectivity index (χ4n) is 3.46. The number of nitrogens with zero attached hydrogens (tertiary/aromatic N) is 7. The Morgan fingerprint density at radius 1 is 1.14 bits per heavy atom. The zero-order valence-corrected chi connectivity index (χ0v) is 19.6. The van der Waals surface area contributed by atoms with Crippen LogP contribution in [0.15, 0.2) is 42.6 Å². The standard InChI is InChI=1S/C21H22FN9O3S/c1-29(2)35(34)31(11-15(32)33)17-18(23)26-20(27-19(17)24)16-13-7-5-9-25-21(13)30(28-16)10-12-6-3-4-8-14(12)22/h3-9H,10-11H2,1-2H3,(H,32,33)(H4,23,24,26,27). The highest BCUT2D eigenvalue weighted by Gasteiger charge is 2.27. The monoisotopic (exact) mass is 499 g/mol. The van der Waals surface area contributed by atoms with Crippen LogP contribution in [0.5, 0.6) is 0 Å². The minimum atomic E-state index is -1.92. The van der Waals surface area contributed by atoms with Crippen LogP contribution in [0.25, 0.3) is 22.6 Å². The zero-order chi connectivity index (χ0) is 25.3. The van der Waals surface area contributed by atoms with Gasteiger partial charge in [-0.2, -0.15) is 5.10 Å². The second kappa shape index (κ2) is 9.60. The number of halogens is 1. The van der Waals surface area contributed by atoms with Crippen LogP contribution < -0.4 is 15.8 Å². The van der Waals surface area contributed by atoms with E-state index in [2.05, 4.69) is 20.1 Å². The first-order valence-corrected chi connectivity index (χ1v) is 11.3. The van der Waals surface area contributed by atoms with Crippen LogP contribution >= 0.6 is 0 Å². The first-order valence-electron chi connectivity index (χ1n) is 10.2. The second-order valence-corrected chi connectivity index (χ2v) is 9.24. The average Bonchev–Trinajstić information content (AvgIpc) is 3.17. The van der Waals surface area contributed by atoms with E-state index in [0.29, 0.717) is 22.3 Å². The van der Waals surface area contributed by atoms with Crippen molar-refractivity contribution in [2.45, 2.75) is 6.54 Å². The van der Waals surface area contributed by atoms with E-state index in [4.69, 9.17) is 11.5 Å². The molecule has 0 fully saturated rings. The van der Waals surface area contributed by atoms with Gasteiger partial charge in [0.05, 0.1) is 11.9 Å². The predicted molar refractivity (Wildman–Crippen MR) is 130 cm³/mol. The van der Waals surface area contributed by atoms with E-state index >= 15 is 0 Å². The summed E-state index contributed by atoms with van der Waals surface area (Å²) in [5.41, 5.74) is 13.4. The zero-order valence-electron chi connectivity index (χ0n) is 18.8. The van der Waals surface area contributed by atoms with Crippen LogP contribution in [0.4, 0.5) is 21.7 Å². The third kappa shape index (κ3) is 4.74. The van der Waals surface area contributed by atoms with Gasteiger partial charge in [0, 0.05) is 25.9 Å². The van der Waals surface area contributed by atoms with Gasteiger partial charge in [0.25, 0.3) is 0 Å². The summed E-state index contributed by atoms with van der Waals surface area (Å²) in [4.78, 5) is 24.3. The molecule has 14 heteroatoms. The van der Waals surface area contributed by atoms with Gasteiger partial charge in [0.1, 0.15) is 23.7 Å². The Labute approximate surface area is 201 Å². The number of hydrogen-bond donors (Lipinski definition) is 3. The molecular formula is C21H22FN9O3S. The number of carboxylic acids is 1. The molecule has 182 valence electrons. The number of pyridine rings is 1. The number of hydrogen-bond acceptors (Lipinski definition) is 8. The van der Waals surface area contributed by atoms with Gasteiger partial charge >= 0.3 is 5.97 Å². The Kier molecular flexibility index (Phi) is 6.57. The first kappa shape index (κ1) is 24.0. The van der Waals surface area contributed by atoms with Crippen LogP contribution in [-0.4, -0.2) is 65.0 Å². The van der Waals surface area contributed by atoms with Crippen molar-refractivity contribution in [3.8, 4) is 11.5 Å². The lowest BCUT2D eigenvalue weighted by Gasteiger charge is -2.25. The molecule has 0 spiro atoms. The summed E-state index contributed by atoms with van der Waals surface area (Å²) < 4.78 is 30.7. The highest BCUT2D eigenvalue weighted by molar-refractivity contribution is 7.84. The number of rotatable bonds is 8. The Morgan fingerprint density at radius 2 is 1.83 bits per heavy atom. The minimum Gasteiger partial charge on any atom is -0.480 e. The molecule has 1 atom stereocenters. The maximum atomic E-state index is 14.2. The third-order valence-electron chi connectivity index (χ3n) is 4.96. The minimum absolute atomic E-state index is 0.0555. The molecule has 0 saturated heterocycles. The van der Waals surface area contributed by atoms with Crippen molar-refractivity contribution in [3.05, 3.63) is 54.0 Å². The SMILES string of the molecule is CN(C)S(=O)N(CC(=O)O)c1c(N)nc(-c2nn(Cc3ccccc3F)c3ncccc23)nc1N. The summed E-state index contributed by atoms with van der Waals surface area (Å²) in [6.45, 7) is -0.538. The van der Waals surface area contributed by atoms with Crippen LogP contribution in [0.1, 0.15) is 5.56 Å². The summed E-state index contributed by atoms with van der Waals surface area (Å²) >= 11 is -1.92. The Morgan fingerprint density at radius 3 is 2.46 bits per heavy atom. The lowest BCUT2D eigenvalue weighted by atomic mass is 10.2.